The highest BCUT2D eigenvalue weighted by molar-refractivity contribution is 6.02. The number of oxime groups is 1. The number of anilines is 1. The summed E-state index contributed by atoms with van der Waals surface area (Å²) in [6, 6.07) is 13.0. The van der Waals surface area contributed by atoms with Crippen LogP contribution in [0.3, 0.4) is 0 Å². The summed E-state index contributed by atoms with van der Waals surface area (Å²) in [5.74, 6) is -3.63. The Balaban J connectivity index is 1.32. The van der Waals surface area contributed by atoms with E-state index in [9.17, 15) is 14.3 Å². The van der Waals surface area contributed by atoms with Gasteiger partial charge in [0.25, 0.3) is 5.92 Å². The molecule has 6 nitrogen and oxygen atoms in total. The van der Waals surface area contributed by atoms with Gasteiger partial charge in [-0.15, -0.1) is 0 Å². The van der Waals surface area contributed by atoms with E-state index in [1.54, 1.807) is 6.07 Å². The van der Waals surface area contributed by atoms with Crippen molar-refractivity contribution in [3.8, 4) is 0 Å². The molecule has 2 aromatic carbocycles. The van der Waals surface area contributed by atoms with E-state index in [1.165, 1.54) is 13.0 Å². The smallest absolute Gasteiger partial charge is 0.308 e. The van der Waals surface area contributed by atoms with Crippen LogP contribution in [0.1, 0.15) is 75.6 Å². The number of rotatable bonds is 8. The maximum Gasteiger partial charge on any atom is 0.308 e. The van der Waals surface area contributed by atoms with E-state index in [4.69, 9.17) is 4.84 Å². The van der Waals surface area contributed by atoms with Crippen molar-refractivity contribution in [1.82, 2.24) is 4.90 Å². The van der Waals surface area contributed by atoms with Gasteiger partial charge in [-0.2, -0.15) is 0 Å². The largest absolute Gasteiger partial charge is 0.481 e. The van der Waals surface area contributed by atoms with E-state index in [2.05, 4.69) is 10.1 Å². The summed E-state index contributed by atoms with van der Waals surface area (Å²) >= 11 is 0. The number of aliphatic carboxylic acids is 1. The number of hydrogen-bond donors (Lipinski definition) is 1. The number of benzene rings is 2. The van der Waals surface area contributed by atoms with Crippen LogP contribution in [0.2, 0.25) is 0 Å². The number of piperidine rings is 1. The Morgan fingerprint density at radius 3 is 2.42 bits per heavy atom. The van der Waals surface area contributed by atoms with Crippen LogP contribution in [-0.4, -0.2) is 54.0 Å². The number of likely N-dealkylation sites (tertiary alicyclic amines) is 1. The Hall–Kier alpha value is -3.33. The molecule has 1 N–H and O–H groups in total. The monoisotopic (exact) mass is 597 g/mol. The van der Waals surface area contributed by atoms with E-state index >= 15 is 8.78 Å². The third-order valence-electron chi connectivity index (χ3n) is 9.22. The lowest BCUT2D eigenvalue weighted by Crippen LogP contribution is -2.36. The molecular weight excluding hydrogens is 555 g/mol. The lowest BCUT2D eigenvalue weighted by Gasteiger charge is -2.34. The van der Waals surface area contributed by atoms with E-state index in [-0.39, 0.29) is 29.2 Å². The van der Waals surface area contributed by atoms with Crippen LogP contribution in [0, 0.1) is 17.3 Å². The molecule has 43 heavy (non-hydrogen) atoms. The number of halogens is 3. The van der Waals surface area contributed by atoms with Gasteiger partial charge in [-0.25, -0.2) is 13.2 Å². The quantitative estimate of drug-likeness (QED) is 0.342. The van der Waals surface area contributed by atoms with Gasteiger partial charge in [-0.1, -0.05) is 63.2 Å². The second-order valence-corrected chi connectivity index (χ2v) is 13.0. The molecule has 0 aromatic heterocycles. The van der Waals surface area contributed by atoms with E-state index in [0.717, 1.165) is 17.7 Å². The molecule has 0 radical (unpaired) electrons. The number of carboxylic acids is 1. The van der Waals surface area contributed by atoms with Crippen molar-refractivity contribution in [3.05, 3.63) is 70.8 Å². The zero-order valence-corrected chi connectivity index (χ0v) is 25.5. The SMILES string of the molecule is CCC(F)(F)c1cc(C2=NOC(c3ccc(CN4CC(C(=O)O)C(C)(C)C4)cc3)=CCC2C)ccc1N1CCC(F)CC1. The van der Waals surface area contributed by atoms with Crippen molar-refractivity contribution in [3.63, 3.8) is 0 Å². The molecule has 2 atom stereocenters. The summed E-state index contributed by atoms with van der Waals surface area (Å²) in [7, 11) is 0. The lowest BCUT2D eigenvalue weighted by molar-refractivity contribution is -0.144. The lowest BCUT2D eigenvalue weighted by atomic mass is 9.82. The van der Waals surface area contributed by atoms with E-state index in [0.29, 0.717) is 68.2 Å². The second kappa shape index (κ2) is 12.3. The standard InChI is InChI=1S/C34H42F3N3O3/c1-5-34(36,37)27-18-25(11-12-29(27)40-16-14-26(35)15-17-40)31-22(2)6-13-30(43-38-31)24-9-7-23(8-10-24)19-39-20-28(32(41)42)33(3,4)21-39/h7-13,18,22,26,28H,5-6,14-17,19-21H2,1-4H3,(H,41,42). The Bertz CT molecular complexity index is 1380. The van der Waals surface area contributed by atoms with Crippen molar-refractivity contribution in [2.75, 3.05) is 31.1 Å². The molecule has 0 amide bonds. The number of alkyl halides is 3. The van der Waals surface area contributed by atoms with Gasteiger partial charge < -0.3 is 14.8 Å². The van der Waals surface area contributed by atoms with E-state index < -0.39 is 18.1 Å². The van der Waals surface area contributed by atoms with Gasteiger partial charge >= 0.3 is 5.97 Å². The fourth-order valence-corrected chi connectivity index (χ4v) is 6.49. The van der Waals surface area contributed by atoms with Gasteiger partial charge in [0.1, 0.15) is 6.17 Å². The summed E-state index contributed by atoms with van der Waals surface area (Å²) in [5.41, 5.74) is 3.27. The number of carbonyl (C=O) groups is 1. The van der Waals surface area contributed by atoms with Crippen LogP contribution in [0.25, 0.3) is 5.76 Å². The number of allylic oxidation sites excluding steroid dienone is 1. The first-order chi connectivity index (χ1) is 20.4. The first-order valence-corrected chi connectivity index (χ1v) is 15.3. The van der Waals surface area contributed by atoms with Gasteiger partial charge in [-0.3, -0.25) is 9.69 Å². The van der Waals surface area contributed by atoms with Crippen molar-refractivity contribution >= 4 is 23.1 Å². The molecule has 2 aromatic rings. The molecule has 232 valence electrons. The Morgan fingerprint density at radius 1 is 1.12 bits per heavy atom. The molecule has 0 saturated carbocycles. The summed E-state index contributed by atoms with van der Waals surface area (Å²) < 4.78 is 44.2. The minimum absolute atomic E-state index is 0.0520. The van der Waals surface area contributed by atoms with Crippen LogP contribution in [0.4, 0.5) is 18.9 Å². The highest BCUT2D eigenvalue weighted by atomic mass is 19.3. The van der Waals surface area contributed by atoms with Crippen LogP contribution in [-0.2, 0) is 22.1 Å². The number of nitrogens with zero attached hydrogens (tertiary/aromatic N) is 3. The third-order valence-corrected chi connectivity index (χ3v) is 9.22. The predicted octanol–water partition coefficient (Wildman–Crippen LogP) is 7.47. The first kappa shape index (κ1) is 31.1. The zero-order valence-electron chi connectivity index (χ0n) is 25.5. The molecule has 2 fully saturated rings. The maximum atomic E-state index is 15.2. The Labute approximate surface area is 252 Å². The van der Waals surface area contributed by atoms with Crippen LogP contribution >= 0.6 is 0 Å². The molecule has 9 heteroatoms. The van der Waals surface area contributed by atoms with Crippen LogP contribution in [0.15, 0.2) is 53.7 Å². The van der Waals surface area contributed by atoms with Gasteiger partial charge in [0.15, 0.2) is 5.76 Å². The van der Waals surface area contributed by atoms with Crippen molar-refractivity contribution < 1.29 is 27.9 Å². The second-order valence-electron chi connectivity index (χ2n) is 13.0. The van der Waals surface area contributed by atoms with Crippen LogP contribution < -0.4 is 4.90 Å². The summed E-state index contributed by atoms with van der Waals surface area (Å²) in [4.78, 5) is 21.6. The van der Waals surface area contributed by atoms with Gasteiger partial charge in [0.2, 0.25) is 0 Å². The highest BCUT2D eigenvalue weighted by Crippen LogP contribution is 2.40. The molecular formula is C34H42F3N3O3. The zero-order chi connectivity index (χ0) is 30.9. The summed E-state index contributed by atoms with van der Waals surface area (Å²) in [6.45, 7) is 10.2. The average Bonchev–Trinajstić information content (AvgIpc) is 3.15. The number of hydrogen-bond acceptors (Lipinski definition) is 5. The van der Waals surface area contributed by atoms with E-state index in [1.807, 2.05) is 62.1 Å². The van der Waals surface area contributed by atoms with Gasteiger partial charge in [0.05, 0.1) is 11.6 Å². The highest BCUT2D eigenvalue weighted by Gasteiger charge is 2.43. The predicted molar refractivity (Wildman–Crippen MR) is 163 cm³/mol. The fourth-order valence-electron chi connectivity index (χ4n) is 6.49. The summed E-state index contributed by atoms with van der Waals surface area (Å²) in [6.07, 6.45) is 2.07. The van der Waals surface area contributed by atoms with Crippen LogP contribution in [0.5, 0.6) is 0 Å². The third kappa shape index (κ3) is 6.77. The molecule has 3 aliphatic rings. The first-order valence-electron chi connectivity index (χ1n) is 15.3. The Morgan fingerprint density at radius 2 is 1.79 bits per heavy atom. The molecule has 5 rings (SSSR count). The minimum atomic E-state index is -3.03. The molecule has 3 aliphatic heterocycles. The molecule has 0 aliphatic carbocycles. The molecule has 2 unspecified atom stereocenters. The van der Waals surface area contributed by atoms with Gasteiger partial charge in [0, 0.05) is 67.4 Å². The fraction of sp³-hybridized carbons (Fsp3) is 0.529. The van der Waals surface area contributed by atoms with Crippen molar-refractivity contribution in [2.45, 2.75) is 72.0 Å². The molecule has 0 bridgehead atoms. The maximum absolute atomic E-state index is 15.2. The summed E-state index contributed by atoms with van der Waals surface area (Å²) in [5, 5.41) is 14.0. The topological polar surface area (TPSA) is 65.4 Å². The van der Waals surface area contributed by atoms with Gasteiger partial charge in [-0.05, 0) is 48.4 Å². The molecule has 2 saturated heterocycles. The van der Waals surface area contributed by atoms with Crippen molar-refractivity contribution in [1.29, 1.82) is 0 Å². The molecule has 0 spiro atoms. The molecule has 3 heterocycles. The normalized spacial score (nSPS) is 23.4. The average molecular weight is 598 g/mol. The minimum Gasteiger partial charge on any atom is -0.481 e. The van der Waals surface area contributed by atoms with Crippen molar-refractivity contribution in [2.24, 2.45) is 22.4 Å². The Kier molecular flexibility index (Phi) is 8.93. The number of carboxylic acid groups (broad SMARTS) is 1.